The summed E-state index contributed by atoms with van der Waals surface area (Å²) in [5.74, 6) is 0.174. The van der Waals surface area contributed by atoms with Gasteiger partial charge < -0.3 is 15.1 Å². The van der Waals surface area contributed by atoms with Gasteiger partial charge in [0, 0.05) is 44.2 Å². The van der Waals surface area contributed by atoms with Crippen LogP contribution in [0.2, 0.25) is 0 Å². The number of anilines is 2. The quantitative estimate of drug-likeness (QED) is 0.595. The topological polar surface area (TPSA) is 65.5 Å². The standard InChI is InChI=1S/C25H30N4O2S/c1-4-23(30)27-25-26-21-10-8-19(15-22(21)32-25)9-11-24(31)28-12-13-29(18(3)16-28)20-7-5-6-17(2)14-20/h5-8,10,14-15,18H,4,9,11-13,16H2,1-3H3,(H,26,27,30)/t18-/m1/s1. The SMILES string of the molecule is CCC(=O)Nc1nc2ccc(CCC(=O)N3CCN(c4cccc(C)c4)[C@H](C)C3)cc2s1. The molecule has 1 atom stereocenters. The Hall–Kier alpha value is -2.93. The van der Waals surface area contributed by atoms with E-state index >= 15 is 0 Å². The number of carbonyl (C=O) groups is 2. The number of benzene rings is 2. The third-order valence-electron chi connectivity index (χ3n) is 5.96. The summed E-state index contributed by atoms with van der Waals surface area (Å²) in [6.45, 7) is 8.48. The average Bonchev–Trinajstić information content (AvgIpc) is 3.18. The Bertz CT molecular complexity index is 1130. The molecule has 0 aliphatic carbocycles. The molecule has 7 heteroatoms. The minimum atomic E-state index is -0.0356. The molecule has 0 saturated carbocycles. The van der Waals surface area contributed by atoms with Crippen LogP contribution in [0.4, 0.5) is 10.8 Å². The molecule has 32 heavy (non-hydrogen) atoms. The predicted octanol–water partition coefficient (Wildman–Crippen LogP) is 4.62. The minimum absolute atomic E-state index is 0.0356. The zero-order chi connectivity index (χ0) is 22.7. The van der Waals surface area contributed by atoms with Gasteiger partial charge in [-0.25, -0.2) is 4.98 Å². The lowest BCUT2D eigenvalue weighted by Crippen LogP contribution is -2.53. The molecular formula is C25H30N4O2S. The van der Waals surface area contributed by atoms with Crippen LogP contribution in [0.3, 0.4) is 0 Å². The summed E-state index contributed by atoms with van der Waals surface area (Å²) in [5, 5.41) is 3.45. The van der Waals surface area contributed by atoms with E-state index in [1.54, 1.807) is 0 Å². The van der Waals surface area contributed by atoms with E-state index in [1.807, 2.05) is 24.0 Å². The summed E-state index contributed by atoms with van der Waals surface area (Å²) < 4.78 is 1.03. The molecule has 0 bridgehead atoms. The number of amides is 2. The highest BCUT2D eigenvalue weighted by Gasteiger charge is 2.26. The molecule has 1 aliphatic heterocycles. The molecule has 168 valence electrons. The molecular weight excluding hydrogens is 420 g/mol. The van der Waals surface area contributed by atoms with Gasteiger partial charge in [-0.3, -0.25) is 9.59 Å². The molecule has 0 radical (unpaired) electrons. The molecule has 1 aromatic heterocycles. The number of fused-ring (bicyclic) bond motifs is 1. The van der Waals surface area contributed by atoms with E-state index in [-0.39, 0.29) is 11.8 Å². The number of hydrogen-bond donors (Lipinski definition) is 1. The van der Waals surface area contributed by atoms with Crippen LogP contribution in [0, 0.1) is 6.92 Å². The fourth-order valence-electron chi connectivity index (χ4n) is 4.17. The van der Waals surface area contributed by atoms with Gasteiger partial charge in [0.1, 0.15) is 0 Å². The Morgan fingerprint density at radius 3 is 2.78 bits per heavy atom. The third-order valence-corrected chi connectivity index (χ3v) is 6.89. The summed E-state index contributed by atoms with van der Waals surface area (Å²) in [6, 6.07) is 14.9. The molecule has 1 saturated heterocycles. The molecule has 1 fully saturated rings. The van der Waals surface area contributed by atoms with E-state index < -0.39 is 0 Å². The van der Waals surface area contributed by atoms with Crippen LogP contribution in [0.15, 0.2) is 42.5 Å². The highest BCUT2D eigenvalue weighted by atomic mass is 32.1. The molecule has 4 rings (SSSR count). The molecule has 2 aromatic carbocycles. The van der Waals surface area contributed by atoms with Gasteiger partial charge in [0.25, 0.3) is 0 Å². The van der Waals surface area contributed by atoms with Gasteiger partial charge in [-0.1, -0.05) is 36.5 Å². The maximum absolute atomic E-state index is 12.9. The Kier molecular flexibility index (Phi) is 6.74. The predicted molar refractivity (Wildman–Crippen MR) is 131 cm³/mol. The highest BCUT2D eigenvalue weighted by molar-refractivity contribution is 7.22. The lowest BCUT2D eigenvalue weighted by Gasteiger charge is -2.41. The molecule has 1 aliphatic rings. The van der Waals surface area contributed by atoms with Crippen LogP contribution < -0.4 is 10.2 Å². The van der Waals surface area contributed by atoms with E-state index in [4.69, 9.17) is 0 Å². The van der Waals surface area contributed by atoms with Crippen molar-refractivity contribution in [2.75, 3.05) is 29.9 Å². The number of hydrogen-bond acceptors (Lipinski definition) is 5. The van der Waals surface area contributed by atoms with Crippen LogP contribution in [0.5, 0.6) is 0 Å². The summed E-state index contributed by atoms with van der Waals surface area (Å²) in [7, 11) is 0. The average molecular weight is 451 g/mol. The highest BCUT2D eigenvalue weighted by Crippen LogP contribution is 2.27. The zero-order valence-electron chi connectivity index (χ0n) is 18.9. The Balaban J connectivity index is 1.33. The lowest BCUT2D eigenvalue weighted by atomic mass is 10.1. The van der Waals surface area contributed by atoms with Gasteiger partial charge in [0.15, 0.2) is 5.13 Å². The molecule has 3 aromatic rings. The number of nitrogens with one attached hydrogen (secondary N) is 1. The fraction of sp³-hybridized carbons (Fsp3) is 0.400. The van der Waals surface area contributed by atoms with Crippen molar-refractivity contribution in [2.45, 2.75) is 46.1 Å². The Morgan fingerprint density at radius 2 is 2.03 bits per heavy atom. The fourth-order valence-corrected chi connectivity index (χ4v) is 5.12. The first kappa shape index (κ1) is 22.3. The number of thiazole rings is 1. The van der Waals surface area contributed by atoms with Crippen LogP contribution in [-0.4, -0.2) is 47.4 Å². The van der Waals surface area contributed by atoms with Crippen molar-refractivity contribution in [3.63, 3.8) is 0 Å². The number of rotatable bonds is 6. The smallest absolute Gasteiger partial charge is 0.225 e. The van der Waals surface area contributed by atoms with Crippen molar-refractivity contribution in [3.05, 3.63) is 53.6 Å². The first-order valence-corrected chi connectivity index (χ1v) is 12.0. The van der Waals surface area contributed by atoms with Gasteiger partial charge in [-0.15, -0.1) is 0 Å². The number of piperazine rings is 1. The van der Waals surface area contributed by atoms with Gasteiger partial charge in [0.2, 0.25) is 11.8 Å². The summed E-state index contributed by atoms with van der Waals surface area (Å²) in [6.07, 6.45) is 1.64. The molecule has 2 heterocycles. The van der Waals surface area contributed by atoms with Crippen molar-refractivity contribution in [1.29, 1.82) is 0 Å². The lowest BCUT2D eigenvalue weighted by molar-refractivity contribution is -0.131. The maximum atomic E-state index is 12.9. The van der Waals surface area contributed by atoms with Crippen LogP contribution in [0.1, 0.15) is 37.8 Å². The van der Waals surface area contributed by atoms with E-state index in [0.717, 1.165) is 35.4 Å². The minimum Gasteiger partial charge on any atom is -0.365 e. The first-order valence-electron chi connectivity index (χ1n) is 11.2. The second-order valence-electron chi connectivity index (χ2n) is 8.44. The van der Waals surface area contributed by atoms with Crippen LogP contribution >= 0.6 is 11.3 Å². The van der Waals surface area contributed by atoms with Gasteiger partial charge >= 0.3 is 0 Å². The summed E-state index contributed by atoms with van der Waals surface area (Å²) in [4.78, 5) is 33.3. The van der Waals surface area contributed by atoms with E-state index in [2.05, 4.69) is 59.4 Å². The monoisotopic (exact) mass is 450 g/mol. The van der Waals surface area contributed by atoms with Crippen molar-refractivity contribution in [2.24, 2.45) is 0 Å². The molecule has 0 unspecified atom stereocenters. The molecule has 1 N–H and O–H groups in total. The number of aryl methyl sites for hydroxylation is 2. The van der Waals surface area contributed by atoms with Crippen molar-refractivity contribution in [3.8, 4) is 0 Å². The van der Waals surface area contributed by atoms with Crippen LogP contribution in [-0.2, 0) is 16.0 Å². The molecule has 0 spiro atoms. The summed E-state index contributed by atoms with van der Waals surface area (Å²) >= 11 is 1.47. The Labute approximate surface area is 193 Å². The van der Waals surface area contributed by atoms with Gasteiger partial charge in [-0.2, -0.15) is 0 Å². The van der Waals surface area contributed by atoms with E-state index in [0.29, 0.717) is 30.4 Å². The van der Waals surface area contributed by atoms with Gasteiger partial charge in [0.05, 0.1) is 10.2 Å². The molecule has 2 amide bonds. The first-order chi connectivity index (χ1) is 15.4. The van der Waals surface area contributed by atoms with Crippen molar-refractivity contribution >= 4 is 44.2 Å². The molecule has 6 nitrogen and oxygen atoms in total. The van der Waals surface area contributed by atoms with Crippen LogP contribution in [0.25, 0.3) is 10.2 Å². The largest absolute Gasteiger partial charge is 0.365 e. The van der Waals surface area contributed by atoms with E-state index in [9.17, 15) is 9.59 Å². The van der Waals surface area contributed by atoms with E-state index in [1.165, 1.54) is 22.6 Å². The number of carbonyl (C=O) groups excluding carboxylic acids is 2. The number of nitrogens with zero attached hydrogens (tertiary/aromatic N) is 3. The van der Waals surface area contributed by atoms with Crippen molar-refractivity contribution in [1.82, 2.24) is 9.88 Å². The zero-order valence-corrected chi connectivity index (χ0v) is 19.7. The second kappa shape index (κ2) is 9.69. The number of aromatic nitrogens is 1. The second-order valence-corrected chi connectivity index (χ2v) is 9.47. The maximum Gasteiger partial charge on any atom is 0.225 e. The Morgan fingerprint density at radius 1 is 1.19 bits per heavy atom. The van der Waals surface area contributed by atoms with Crippen molar-refractivity contribution < 1.29 is 9.59 Å². The normalized spacial score (nSPS) is 16.4. The van der Waals surface area contributed by atoms with Gasteiger partial charge in [-0.05, 0) is 55.7 Å². The summed E-state index contributed by atoms with van der Waals surface area (Å²) in [5.41, 5.74) is 4.48. The third kappa shape index (κ3) is 5.10.